The summed E-state index contributed by atoms with van der Waals surface area (Å²) in [7, 11) is 0. The summed E-state index contributed by atoms with van der Waals surface area (Å²) in [5, 5.41) is 13.9. The van der Waals surface area contributed by atoms with Gasteiger partial charge in [0.1, 0.15) is 5.82 Å². The summed E-state index contributed by atoms with van der Waals surface area (Å²) in [6, 6.07) is 0. The Morgan fingerprint density at radius 2 is 2.14 bits per heavy atom. The average molecular weight is 291 g/mol. The molecule has 0 radical (unpaired) electrons. The van der Waals surface area contributed by atoms with Crippen LogP contribution >= 0.6 is 0 Å². The molecule has 7 heteroatoms. The van der Waals surface area contributed by atoms with E-state index in [4.69, 9.17) is 10.8 Å². The molecule has 0 fully saturated rings. The van der Waals surface area contributed by atoms with E-state index in [1.165, 1.54) is 0 Å². The molecular weight excluding hydrogens is 270 g/mol. The van der Waals surface area contributed by atoms with Gasteiger partial charge < -0.3 is 21.5 Å². The van der Waals surface area contributed by atoms with Crippen molar-refractivity contribution in [3.05, 3.63) is 11.3 Å². The number of carboxylic acid groups (broad SMARTS) is 1. The van der Waals surface area contributed by atoms with E-state index < -0.39 is 6.09 Å². The van der Waals surface area contributed by atoms with E-state index in [1.54, 1.807) is 6.92 Å². The number of nitrogens with one attached hydrogen (secondary N) is 2. The van der Waals surface area contributed by atoms with E-state index >= 15 is 0 Å². The van der Waals surface area contributed by atoms with Crippen molar-refractivity contribution in [3.63, 3.8) is 0 Å². The monoisotopic (exact) mass is 291 g/mol. The van der Waals surface area contributed by atoms with Crippen LogP contribution in [0.15, 0.2) is 0 Å². The minimum atomic E-state index is -1.10. The van der Waals surface area contributed by atoms with Crippen LogP contribution in [0.3, 0.4) is 0 Å². The number of rotatable bonds is 6. The van der Waals surface area contributed by atoms with Gasteiger partial charge in [0, 0.05) is 6.54 Å². The van der Waals surface area contributed by atoms with E-state index in [1.807, 2.05) is 0 Å². The first kappa shape index (κ1) is 16.6. The van der Waals surface area contributed by atoms with Crippen molar-refractivity contribution < 1.29 is 9.90 Å². The number of aromatic nitrogens is 2. The maximum absolute atomic E-state index is 10.4. The van der Waals surface area contributed by atoms with Gasteiger partial charge in [0.2, 0.25) is 5.95 Å². The number of hydrogen-bond donors (Lipinski definition) is 4. The van der Waals surface area contributed by atoms with Gasteiger partial charge in [-0.2, -0.15) is 4.98 Å². The summed E-state index contributed by atoms with van der Waals surface area (Å²) < 4.78 is 0. The molecule has 0 atom stereocenters. The quantitative estimate of drug-likeness (QED) is 0.467. The molecule has 0 saturated heterocycles. The number of hydrogen-bond acceptors (Lipinski definition) is 5. The number of aryl methyl sites for hydroxylation is 1. The SMILES string of the molecule is CCCCCNc1nc(N)nc(C)c1C#CCNC(=O)O. The van der Waals surface area contributed by atoms with Crippen LogP contribution in [0.4, 0.5) is 16.6 Å². The van der Waals surface area contributed by atoms with Gasteiger partial charge in [0.05, 0.1) is 17.8 Å². The van der Waals surface area contributed by atoms with E-state index in [0.717, 1.165) is 25.8 Å². The standard InChI is InChI=1S/C14H21N5O2/c1-3-4-5-8-16-12-11(7-6-9-17-14(20)21)10(2)18-13(15)19-12/h17H,3-5,8-9H2,1-2H3,(H,20,21)(H3,15,16,18,19). The lowest BCUT2D eigenvalue weighted by Gasteiger charge is -2.09. The van der Waals surface area contributed by atoms with Crippen LogP contribution in [0.1, 0.15) is 37.4 Å². The van der Waals surface area contributed by atoms with Gasteiger partial charge >= 0.3 is 6.09 Å². The van der Waals surface area contributed by atoms with Crippen molar-refractivity contribution in [1.29, 1.82) is 0 Å². The molecule has 0 aliphatic heterocycles. The minimum absolute atomic E-state index is 0.0500. The Hall–Kier alpha value is -2.49. The predicted molar refractivity (Wildman–Crippen MR) is 82.1 cm³/mol. The van der Waals surface area contributed by atoms with E-state index in [2.05, 4.69) is 39.4 Å². The van der Waals surface area contributed by atoms with Crippen molar-refractivity contribution in [3.8, 4) is 11.8 Å². The molecular formula is C14H21N5O2. The van der Waals surface area contributed by atoms with Gasteiger partial charge in [-0.15, -0.1) is 0 Å². The number of amides is 1. The topological polar surface area (TPSA) is 113 Å². The highest BCUT2D eigenvalue weighted by Crippen LogP contribution is 2.16. The highest BCUT2D eigenvalue weighted by Gasteiger charge is 2.08. The molecule has 7 nitrogen and oxygen atoms in total. The summed E-state index contributed by atoms with van der Waals surface area (Å²) in [5.74, 6) is 6.41. The van der Waals surface area contributed by atoms with E-state index in [0.29, 0.717) is 17.1 Å². The molecule has 1 rings (SSSR count). The third kappa shape index (κ3) is 5.99. The molecule has 0 saturated carbocycles. The largest absolute Gasteiger partial charge is 0.465 e. The lowest BCUT2D eigenvalue weighted by Crippen LogP contribution is -2.20. The lowest BCUT2D eigenvalue weighted by atomic mass is 10.2. The zero-order valence-electron chi connectivity index (χ0n) is 12.4. The van der Waals surface area contributed by atoms with Crippen molar-refractivity contribution in [1.82, 2.24) is 15.3 Å². The van der Waals surface area contributed by atoms with Gasteiger partial charge in [-0.1, -0.05) is 31.6 Å². The first-order valence-corrected chi connectivity index (χ1v) is 6.88. The fourth-order valence-electron chi connectivity index (χ4n) is 1.71. The summed E-state index contributed by atoms with van der Waals surface area (Å²) in [6.45, 7) is 4.77. The Balaban J connectivity index is 2.82. The number of unbranched alkanes of at least 4 members (excludes halogenated alkanes) is 2. The fraction of sp³-hybridized carbons (Fsp3) is 0.500. The van der Waals surface area contributed by atoms with Crippen molar-refractivity contribution in [2.24, 2.45) is 0 Å². The molecule has 5 N–H and O–H groups in total. The molecule has 114 valence electrons. The number of nitrogens with two attached hydrogens (primary N) is 1. The predicted octanol–water partition coefficient (Wildman–Crippen LogP) is 1.59. The molecule has 0 unspecified atom stereocenters. The smallest absolute Gasteiger partial charge is 0.405 e. The highest BCUT2D eigenvalue weighted by atomic mass is 16.4. The summed E-state index contributed by atoms with van der Waals surface area (Å²) in [4.78, 5) is 18.6. The molecule has 0 aliphatic rings. The minimum Gasteiger partial charge on any atom is -0.465 e. The van der Waals surface area contributed by atoms with Crippen LogP contribution in [0.5, 0.6) is 0 Å². The highest BCUT2D eigenvalue weighted by molar-refractivity contribution is 5.65. The van der Waals surface area contributed by atoms with E-state index in [9.17, 15) is 4.79 Å². The first-order valence-electron chi connectivity index (χ1n) is 6.88. The second-order valence-electron chi connectivity index (χ2n) is 4.49. The average Bonchev–Trinajstić information content (AvgIpc) is 2.41. The molecule has 0 aromatic carbocycles. The maximum atomic E-state index is 10.4. The third-order valence-corrected chi connectivity index (χ3v) is 2.72. The van der Waals surface area contributed by atoms with Gasteiger partial charge in [-0.05, 0) is 13.3 Å². The second-order valence-corrected chi connectivity index (χ2v) is 4.49. The lowest BCUT2D eigenvalue weighted by molar-refractivity contribution is 0.196. The van der Waals surface area contributed by atoms with Crippen LogP contribution in [-0.2, 0) is 0 Å². The molecule has 1 heterocycles. The molecule has 1 amide bonds. The molecule has 0 aliphatic carbocycles. The Bertz CT molecular complexity index is 548. The Morgan fingerprint density at radius 3 is 2.81 bits per heavy atom. The first-order chi connectivity index (χ1) is 10.0. The number of carbonyl (C=O) groups is 1. The van der Waals surface area contributed by atoms with Gasteiger partial charge in [-0.3, -0.25) is 0 Å². The van der Waals surface area contributed by atoms with Gasteiger partial charge in [-0.25, -0.2) is 9.78 Å². The van der Waals surface area contributed by atoms with E-state index in [-0.39, 0.29) is 12.5 Å². The van der Waals surface area contributed by atoms with Crippen LogP contribution in [0.2, 0.25) is 0 Å². The zero-order valence-corrected chi connectivity index (χ0v) is 12.4. The van der Waals surface area contributed by atoms with Crippen molar-refractivity contribution >= 4 is 17.9 Å². The summed E-state index contributed by atoms with van der Waals surface area (Å²) in [6.07, 6.45) is 2.20. The van der Waals surface area contributed by atoms with Crippen LogP contribution in [0, 0.1) is 18.8 Å². The maximum Gasteiger partial charge on any atom is 0.405 e. The molecule has 0 spiro atoms. The van der Waals surface area contributed by atoms with Gasteiger partial charge in [0.25, 0.3) is 0 Å². The summed E-state index contributed by atoms with van der Waals surface area (Å²) in [5.41, 5.74) is 6.97. The van der Waals surface area contributed by atoms with Crippen molar-refractivity contribution in [2.45, 2.75) is 33.1 Å². The van der Waals surface area contributed by atoms with Gasteiger partial charge in [0.15, 0.2) is 0 Å². The molecule has 21 heavy (non-hydrogen) atoms. The molecule has 0 bridgehead atoms. The number of nitrogen functional groups attached to an aromatic ring is 1. The van der Waals surface area contributed by atoms with Crippen LogP contribution in [-0.4, -0.2) is 34.3 Å². The second kappa shape index (κ2) is 8.64. The summed E-state index contributed by atoms with van der Waals surface area (Å²) >= 11 is 0. The number of anilines is 2. The Kier molecular flexibility index (Phi) is 6.81. The zero-order chi connectivity index (χ0) is 15.7. The fourth-order valence-corrected chi connectivity index (χ4v) is 1.71. The molecule has 1 aromatic rings. The van der Waals surface area contributed by atoms with Crippen LogP contribution < -0.4 is 16.4 Å². The molecule has 1 aromatic heterocycles. The number of nitrogens with zero attached hydrogens (tertiary/aromatic N) is 2. The Labute approximate surface area is 124 Å². The van der Waals surface area contributed by atoms with Crippen molar-refractivity contribution in [2.75, 3.05) is 24.1 Å². The Morgan fingerprint density at radius 1 is 1.38 bits per heavy atom. The third-order valence-electron chi connectivity index (χ3n) is 2.72. The normalized spacial score (nSPS) is 9.62. The van der Waals surface area contributed by atoms with Crippen LogP contribution in [0.25, 0.3) is 0 Å².